The van der Waals surface area contributed by atoms with Gasteiger partial charge in [0, 0.05) is 10.0 Å². The van der Waals surface area contributed by atoms with Gasteiger partial charge in [0.25, 0.3) is 10.0 Å². The Morgan fingerprint density at radius 1 is 0.941 bits per heavy atom. The molecule has 5 nitrogen and oxygen atoms in total. The number of sulfonamides is 1. The maximum absolute atomic E-state index is 12.9. The smallest absolute Gasteiger partial charge is 0.309 e. The zero-order valence-corrected chi connectivity index (χ0v) is 20.8. The van der Waals surface area contributed by atoms with Crippen LogP contribution >= 0.6 is 23.2 Å². The Morgan fingerprint density at radius 3 is 2.32 bits per heavy atom. The number of halogens is 2. The number of carbonyl (C=O) groups is 1. The molecule has 0 radical (unpaired) electrons. The van der Waals surface area contributed by atoms with Gasteiger partial charge in [-0.25, -0.2) is 8.42 Å². The highest BCUT2D eigenvalue weighted by Gasteiger charge is 2.18. The van der Waals surface area contributed by atoms with Gasteiger partial charge in [-0.15, -0.1) is 0 Å². The largest absolute Gasteiger partial charge is 0.469 e. The standard InChI is InChI=1S/C26H21Cl2NO4S/c1-16-19(13-25(30)33-2)12-18-6-9-21(28)15-24(18)26(16)17-7-10-23(11-8-17)34(31,32)29-22-5-3-4-20(27)14-22/h3-12,14-15,29H,13H2,1-2H3. The summed E-state index contributed by atoms with van der Waals surface area (Å²) in [5.74, 6) is -0.337. The Morgan fingerprint density at radius 2 is 1.65 bits per heavy atom. The number of hydrogen-bond acceptors (Lipinski definition) is 4. The molecule has 0 heterocycles. The fourth-order valence-electron chi connectivity index (χ4n) is 3.88. The van der Waals surface area contributed by atoms with Gasteiger partial charge >= 0.3 is 5.97 Å². The number of ether oxygens (including phenoxy) is 1. The minimum atomic E-state index is -3.81. The van der Waals surface area contributed by atoms with Crippen LogP contribution in [0.5, 0.6) is 0 Å². The number of fused-ring (bicyclic) bond motifs is 1. The van der Waals surface area contributed by atoms with Crippen molar-refractivity contribution in [1.29, 1.82) is 0 Å². The molecule has 34 heavy (non-hydrogen) atoms. The number of nitrogens with one attached hydrogen (secondary N) is 1. The Kier molecular flexibility index (Phi) is 6.84. The molecule has 1 N–H and O–H groups in total. The third kappa shape index (κ3) is 5.04. The van der Waals surface area contributed by atoms with Gasteiger partial charge in [0.15, 0.2) is 0 Å². The lowest BCUT2D eigenvalue weighted by atomic mass is 9.89. The Balaban J connectivity index is 1.78. The van der Waals surface area contributed by atoms with Crippen LogP contribution in [0, 0.1) is 6.92 Å². The number of anilines is 1. The van der Waals surface area contributed by atoms with Gasteiger partial charge in [-0.2, -0.15) is 0 Å². The minimum absolute atomic E-state index is 0.113. The first-order valence-corrected chi connectivity index (χ1v) is 12.6. The first-order chi connectivity index (χ1) is 16.2. The number of rotatable bonds is 6. The van der Waals surface area contributed by atoms with Crippen LogP contribution in [-0.4, -0.2) is 21.5 Å². The zero-order valence-electron chi connectivity index (χ0n) is 18.4. The highest BCUT2D eigenvalue weighted by Crippen LogP contribution is 2.36. The molecule has 0 aliphatic rings. The van der Waals surface area contributed by atoms with Gasteiger partial charge in [-0.1, -0.05) is 53.5 Å². The quantitative estimate of drug-likeness (QED) is 0.293. The second-order valence-corrected chi connectivity index (χ2v) is 10.3. The van der Waals surface area contributed by atoms with Crippen LogP contribution < -0.4 is 4.72 Å². The molecule has 174 valence electrons. The second kappa shape index (κ2) is 9.66. The monoisotopic (exact) mass is 513 g/mol. The lowest BCUT2D eigenvalue weighted by Crippen LogP contribution is -2.12. The van der Waals surface area contributed by atoms with Crippen molar-refractivity contribution < 1.29 is 17.9 Å². The number of esters is 1. The van der Waals surface area contributed by atoms with Gasteiger partial charge < -0.3 is 4.74 Å². The lowest BCUT2D eigenvalue weighted by molar-refractivity contribution is -0.139. The molecule has 8 heteroatoms. The SMILES string of the molecule is COC(=O)Cc1cc2ccc(Cl)cc2c(-c2ccc(S(=O)(=O)Nc3cccc(Cl)c3)cc2)c1C. The molecule has 0 fully saturated rings. The normalized spacial score (nSPS) is 11.4. The van der Waals surface area contributed by atoms with E-state index in [0.717, 1.165) is 33.0 Å². The highest BCUT2D eigenvalue weighted by molar-refractivity contribution is 7.92. The first-order valence-electron chi connectivity index (χ1n) is 10.4. The van der Waals surface area contributed by atoms with E-state index >= 15 is 0 Å². The van der Waals surface area contributed by atoms with Crippen molar-refractivity contribution in [3.05, 3.63) is 94.0 Å². The Bertz CT molecular complexity index is 1500. The van der Waals surface area contributed by atoms with Crippen LogP contribution in [0.2, 0.25) is 10.0 Å². The van der Waals surface area contributed by atoms with Crippen molar-refractivity contribution in [2.45, 2.75) is 18.2 Å². The van der Waals surface area contributed by atoms with E-state index < -0.39 is 10.0 Å². The molecule has 0 aliphatic heterocycles. The first kappa shape index (κ1) is 24.1. The van der Waals surface area contributed by atoms with E-state index in [-0.39, 0.29) is 17.3 Å². The summed E-state index contributed by atoms with van der Waals surface area (Å²) in [6.45, 7) is 1.93. The molecule has 0 saturated carbocycles. The summed E-state index contributed by atoms with van der Waals surface area (Å²) >= 11 is 12.2. The number of carbonyl (C=O) groups excluding carboxylic acids is 1. The van der Waals surface area contributed by atoms with Gasteiger partial charge in [0.1, 0.15) is 0 Å². The van der Waals surface area contributed by atoms with E-state index in [1.54, 1.807) is 54.6 Å². The maximum atomic E-state index is 12.9. The summed E-state index contributed by atoms with van der Waals surface area (Å²) in [7, 11) is -2.45. The highest BCUT2D eigenvalue weighted by atomic mass is 35.5. The molecule has 0 bridgehead atoms. The minimum Gasteiger partial charge on any atom is -0.469 e. The topological polar surface area (TPSA) is 72.5 Å². The number of benzene rings is 4. The molecular formula is C26H21Cl2NO4S. The van der Waals surface area contributed by atoms with Gasteiger partial charge in [0.05, 0.1) is 24.1 Å². The van der Waals surface area contributed by atoms with E-state index in [2.05, 4.69) is 4.72 Å². The van der Waals surface area contributed by atoms with E-state index in [4.69, 9.17) is 27.9 Å². The molecule has 0 unspecified atom stereocenters. The fraction of sp³-hybridized carbons (Fsp3) is 0.115. The Hall–Kier alpha value is -3.06. The van der Waals surface area contributed by atoms with E-state index in [9.17, 15) is 13.2 Å². The summed E-state index contributed by atoms with van der Waals surface area (Å²) < 4.78 is 33.1. The summed E-state index contributed by atoms with van der Waals surface area (Å²) in [5, 5.41) is 2.84. The third-order valence-corrected chi connectivity index (χ3v) is 7.43. The van der Waals surface area contributed by atoms with Gasteiger partial charge in [-0.05, 0) is 82.4 Å². The number of hydrogen-bond donors (Lipinski definition) is 1. The van der Waals surface area contributed by atoms with Crippen molar-refractivity contribution in [3.8, 4) is 11.1 Å². The lowest BCUT2D eigenvalue weighted by Gasteiger charge is -2.16. The van der Waals surface area contributed by atoms with Gasteiger partial charge in [0.2, 0.25) is 0 Å². The zero-order chi connectivity index (χ0) is 24.5. The maximum Gasteiger partial charge on any atom is 0.309 e. The fourth-order valence-corrected chi connectivity index (χ4v) is 5.29. The van der Waals surface area contributed by atoms with E-state index in [1.807, 2.05) is 25.1 Å². The molecule has 0 aliphatic carbocycles. The predicted octanol–water partition coefficient (Wildman–Crippen LogP) is 6.64. The van der Waals surface area contributed by atoms with Crippen LogP contribution in [0.4, 0.5) is 5.69 Å². The molecule has 4 aromatic carbocycles. The van der Waals surface area contributed by atoms with Gasteiger partial charge in [-0.3, -0.25) is 9.52 Å². The van der Waals surface area contributed by atoms with Crippen LogP contribution in [0.3, 0.4) is 0 Å². The second-order valence-electron chi connectivity index (χ2n) is 7.79. The van der Waals surface area contributed by atoms with Crippen molar-refractivity contribution >= 4 is 55.7 Å². The summed E-state index contributed by atoms with van der Waals surface area (Å²) in [5.41, 5.74) is 3.79. The van der Waals surface area contributed by atoms with Crippen molar-refractivity contribution in [3.63, 3.8) is 0 Å². The molecular weight excluding hydrogens is 493 g/mol. The average Bonchev–Trinajstić information content (AvgIpc) is 2.79. The molecule has 4 rings (SSSR count). The average molecular weight is 514 g/mol. The van der Waals surface area contributed by atoms with Crippen LogP contribution in [-0.2, 0) is 26.0 Å². The summed E-state index contributed by atoms with van der Waals surface area (Å²) in [6.07, 6.45) is 0.129. The Labute approximate surface area is 208 Å². The van der Waals surface area contributed by atoms with Crippen LogP contribution in [0.15, 0.2) is 77.7 Å². The summed E-state index contributed by atoms with van der Waals surface area (Å²) in [4.78, 5) is 12.1. The van der Waals surface area contributed by atoms with E-state index in [1.165, 1.54) is 7.11 Å². The van der Waals surface area contributed by atoms with Crippen molar-refractivity contribution in [1.82, 2.24) is 0 Å². The summed E-state index contributed by atoms with van der Waals surface area (Å²) in [6, 6.07) is 20.6. The molecule has 0 aromatic heterocycles. The predicted molar refractivity (Wildman–Crippen MR) is 137 cm³/mol. The van der Waals surface area contributed by atoms with Crippen LogP contribution in [0.1, 0.15) is 11.1 Å². The number of methoxy groups -OCH3 is 1. The molecule has 0 atom stereocenters. The molecule has 0 saturated heterocycles. The molecule has 0 spiro atoms. The molecule has 0 amide bonds. The van der Waals surface area contributed by atoms with Crippen molar-refractivity contribution in [2.24, 2.45) is 0 Å². The molecule has 4 aromatic rings. The van der Waals surface area contributed by atoms with Crippen LogP contribution in [0.25, 0.3) is 21.9 Å². The van der Waals surface area contributed by atoms with Crippen molar-refractivity contribution in [2.75, 3.05) is 11.8 Å². The third-order valence-electron chi connectivity index (χ3n) is 5.56. The van der Waals surface area contributed by atoms with E-state index in [0.29, 0.717) is 15.7 Å².